The highest BCUT2D eigenvalue weighted by molar-refractivity contribution is 8.00. The van der Waals surface area contributed by atoms with Crippen LogP contribution in [0.5, 0.6) is 0 Å². The van der Waals surface area contributed by atoms with Gasteiger partial charge < -0.3 is 10.6 Å². The van der Waals surface area contributed by atoms with E-state index in [4.69, 9.17) is 0 Å². The van der Waals surface area contributed by atoms with Gasteiger partial charge in [0.25, 0.3) is 0 Å². The number of guanidine groups is 1. The quantitative estimate of drug-likeness (QED) is 0.326. The van der Waals surface area contributed by atoms with Crippen molar-refractivity contribution in [1.82, 2.24) is 30.4 Å². The molecule has 0 spiro atoms. The molecule has 2 aromatic heterocycles. The standard InChI is InChI=1S/C17H27N7S2/c1-12(2)15-22-14-6-5-13(11-24(14)23-15)21-16(18-3)19-7-4-9-25-17-20-8-10-26-17/h8,10,12-13H,4-7,9,11H2,1-3H3,(H2,18,19,21). The second kappa shape index (κ2) is 9.36. The fourth-order valence-electron chi connectivity index (χ4n) is 2.80. The van der Waals surface area contributed by atoms with Crippen molar-refractivity contribution in [3.05, 3.63) is 23.2 Å². The van der Waals surface area contributed by atoms with Crippen molar-refractivity contribution in [3.8, 4) is 0 Å². The van der Waals surface area contributed by atoms with Crippen LogP contribution in [-0.2, 0) is 13.0 Å². The third-order valence-corrected chi connectivity index (χ3v) is 6.26. The number of nitrogens with one attached hydrogen (secondary N) is 2. The van der Waals surface area contributed by atoms with E-state index < -0.39 is 0 Å². The van der Waals surface area contributed by atoms with E-state index in [-0.39, 0.29) is 0 Å². The molecule has 1 atom stereocenters. The van der Waals surface area contributed by atoms with Crippen LogP contribution in [-0.4, -0.2) is 51.1 Å². The summed E-state index contributed by atoms with van der Waals surface area (Å²) in [7, 11) is 1.82. The van der Waals surface area contributed by atoms with Gasteiger partial charge in [-0.3, -0.25) is 4.99 Å². The number of thiazole rings is 1. The van der Waals surface area contributed by atoms with Crippen LogP contribution < -0.4 is 10.6 Å². The Labute approximate surface area is 163 Å². The Morgan fingerprint density at radius 2 is 2.38 bits per heavy atom. The molecule has 2 aromatic rings. The Morgan fingerprint density at radius 3 is 3.12 bits per heavy atom. The molecule has 9 heteroatoms. The fourth-order valence-corrected chi connectivity index (χ4v) is 4.45. The first-order chi connectivity index (χ1) is 12.7. The zero-order valence-corrected chi connectivity index (χ0v) is 17.2. The SMILES string of the molecule is CN=C(NCCCSc1nccs1)NC1CCc2nc(C(C)C)nn2C1. The molecule has 0 aromatic carbocycles. The van der Waals surface area contributed by atoms with Gasteiger partial charge in [-0.15, -0.1) is 11.3 Å². The molecule has 1 aliphatic heterocycles. The van der Waals surface area contributed by atoms with Crippen molar-refractivity contribution in [2.75, 3.05) is 19.3 Å². The molecule has 0 saturated carbocycles. The number of aliphatic imine (C=N–C) groups is 1. The average molecular weight is 394 g/mol. The molecule has 26 heavy (non-hydrogen) atoms. The van der Waals surface area contributed by atoms with Gasteiger partial charge in [0.05, 0.1) is 6.54 Å². The summed E-state index contributed by atoms with van der Waals surface area (Å²) in [4.78, 5) is 13.3. The van der Waals surface area contributed by atoms with Crippen LogP contribution in [0.25, 0.3) is 0 Å². The lowest BCUT2D eigenvalue weighted by molar-refractivity contribution is 0.391. The summed E-state index contributed by atoms with van der Waals surface area (Å²) >= 11 is 3.50. The van der Waals surface area contributed by atoms with Crippen LogP contribution in [0, 0.1) is 0 Å². The Balaban J connectivity index is 1.40. The van der Waals surface area contributed by atoms with Crippen molar-refractivity contribution in [1.29, 1.82) is 0 Å². The van der Waals surface area contributed by atoms with Gasteiger partial charge in [-0.2, -0.15) is 5.10 Å². The minimum absolute atomic E-state index is 0.333. The minimum Gasteiger partial charge on any atom is -0.356 e. The van der Waals surface area contributed by atoms with Gasteiger partial charge in [-0.05, 0) is 12.8 Å². The predicted octanol–water partition coefficient (Wildman–Crippen LogP) is 2.52. The van der Waals surface area contributed by atoms with E-state index in [0.29, 0.717) is 12.0 Å². The maximum Gasteiger partial charge on any atom is 0.191 e. The van der Waals surface area contributed by atoms with Crippen LogP contribution in [0.2, 0.25) is 0 Å². The highest BCUT2D eigenvalue weighted by Crippen LogP contribution is 2.20. The molecule has 0 aliphatic carbocycles. The maximum absolute atomic E-state index is 4.65. The van der Waals surface area contributed by atoms with E-state index >= 15 is 0 Å². The van der Waals surface area contributed by atoms with Crippen molar-refractivity contribution >= 4 is 29.1 Å². The van der Waals surface area contributed by atoms with E-state index in [9.17, 15) is 0 Å². The second-order valence-electron chi connectivity index (χ2n) is 6.60. The van der Waals surface area contributed by atoms with E-state index in [1.165, 1.54) is 0 Å². The summed E-state index contributed by atoms with van der Waals surface area (Å²) in [5.41, 5.74) is 0. The minimum atomic E-state index is 0.333. The lowest BCUT2D eigenvalue weighted by atomic mass is 10.1. The van der Waals surface area contributed by atoms with Gasteiger partial charge in [-0.25, -0.2) is 14.6 Å². The first kappa shape index (κ1) is 19.2. The molecule has 0 amide bonds. The molecule has 1 aliphatic rings. The molecule has 0 fully saturated rings. The Morgan fingerprint density at radius 1 is 1.50 bits per heavy atom. The first-order valence-electron chi connectivity index (χ1n) is 9.08. The predicted molar refractivity (Wildman–Crippen MR) is 108 cm³/mol. The molecule has 142 valence electrons. The number of aryl methyl sites for hydroxylation is 1. The van der Waals surface area contributed by atoms with Gasteiger partial charge in [0.2, 0.25) is 0 Å². The van der Waals surface area contributed by atoms with Crippen LogP contribution >= 0.6 is 23.1 Å². The Bertz CT molecular complexity index is 709. The number of aromatic nitrogens is 4. The lowest BCUT2D eigenvalue weighted by Crippen LogP contribution is -2.47. The molecule has 0 bridgehead atoms. The zero-order chi connectivity index (χ0) is 18.4. The molecule has 2 N–H and O–H groups in total. The molecule has 3 rings (SSSR count). The number of thioether (sulfide) groups is 1. The van der Waals surface area contributed by atoms with Crippen molar-refractivity contribution in [3.63, 3.8) is 0 Å². The second-order valence-corrected chi connectivity index (χ2v) is 8.84. The number of fused-ring (bicyclic) bond motifs is 1. The Hall–Kier alpha value is -1.61. The highest BCUT2D eigenvalue weighted by atomic mass is 32.2. The van der Waals surface area contributed by atoms with Crippen molar-refractivity contribution in [2.45, 2.75) is 56.0 Å². The summed E-state index contributed by atoms with van der Waals surface area (Å²) < 4.78 is 3.19. The highest BCUT2D eigenvalue weighted by Gasteiger charge is 2.23. The topological polar surface area (TPSA) is 80.0 Å². The molecular weight excluding hydrogens is 366 g/mol. The fraction of sp³-hybridized carbons (Fsp3) is 0.647. The first-order valence-corrected chi connectivity index (χ1v) is 11.0. The smallest absolute Gasteiger partial charge is 0.191 e. The molecule has 0 saturated heterocycles. The monoisotopic (exact) mass is 393 g/mol. The Kier molecular flexibility index (Phi) is 6.90. The summed E-state index contributed by atoms with van der Waals surface area (Å²) in [5, 5.41) is 13.6. The van der Waals surface area contributed by atoms with Gasteiger partial charge in [0.1, 0.15) is 10.2 Å². The van der Waals surface area contributed by atoms with Crippen LogP contribution in [0.15, 0.2) is 20.9 Å². The van der Waals surface area contributed by atoms with E-state index in [1.807, 2.05) is 30.4 Å². The largest absolute Gasteiger partial charge is 0.356 e. The van der Waals surface area contributed by atoms with Gasteiger partial charge in [0, 0.05) is 49.3 Å². The molecule has 7 nitrogen and oxygen atoms in total. The summed E-state index contributed by atoms with van der Waals surface area (Å²) in [5.74, 6) is 4.34. The van der Waals surface area contributed by atoms with E-state index in [1.54, 1.807) is 11.3 Å². The molecule has 3 heterocycles. The van der Waals surface area contributed by atoms with Gasteiger partial charge in [-0.1, -0.05) is 25.6 Å². The number of hydrogen-bond acceptors (Lipinski definition) is 6. The average Bonchev–Trinajstić information content (AvgIpc) is 3.29. The maximum atomic E-state index is 4.65. The van der Waals surface area contributed by atoms with E-state index in [0.717, 1.165) is 60.1 Å². The van der Waals surface area contributed by atoms with Crippen LogP contribution in [0.3, 0.4) is 0 Å². The summed E-state index contributed by atoms with van der Waals surface area (Å²) in [6.45, 7) is 6.01. The summed E-state index contributed by atoms with van der Waals surface area (Å²) in [6.07, 6.45) is 4.93. The van der Waals surface area contributed by atoms with Gasteiger partial charge in [0.15, 0.2) is 11.8 Å². The number of hydrogen-bond donors (Lipinski definition) is 2. The third kappa shape index (κ3) is 5.20. The zero-order valence-electron chi connectivity index (χ0n) is 15.6. The molecular formula is C17H27N7S2. The van der Waals surface area contributed by atoms with Crippen molar-refractivity contribution < 1.29 is 0 Å². The lowest BCUT2D eigenvalue weighted by Gasteiger charge is -2.25. The van der Waals surface area contributed by atoms with E-state index in [2.05, 4.69) is 49.2 Å². The van der Waals surface area contributed by atoms with Crippen molar-refractivity contribution in [2.24, 2.45) is 4.99 Å². The van der Waals surface area contributed by atoms with Crippen LogP contribution in [0.1, 0.15) is 44.3 Å². The summed E-state index contributed by atoms with van der Waals surface area (Å²) in [6, 6.07) is 0.333. The number of nitrogens with zero attached hydrogens (tertiary/aromatic N) is 5. The third-order valence-electron chi connectivity index (χ3n) is 4.20. The van der Waals surface area contributed by atoms with Crippen LogP contribution in [0.4, 0.5) is 0 Å². The number of rotatable bonds is 7. The van der Waals surface area contributed by atoms with Gasteiger partial charge >= 0.3 is 0 Å². The molecule has 0 radical (unpaired) electrons. The molecule has 1 unspecified atom stereocenters. The normalized spacial score (nSPS) is 17.4.